The zero-order valence-corrected chi connectivity index (χ0v) is 20.7. The second-order valence-corrected chi connectivity index (χ2v) is 10.5. The molecule has 28 heavy (non-hydrogen) atoms. The third kappa shape index (κ3) is 5.06. The number of pyridine rings is 1. The predicted molar refractivity (Wildman–Crippen MR) is 126 cm³/mol. The summed E-state index contributed by atoms with van der Waals surface area (Å²) in [5, 5.41) is 3.51. The Kier molecular flexibility index (Phi) is 7.74. The quantitative estimate of drug-likeness (QED) is 0.458. The number of benzene rings is 1. The summed E-state index contributed by atoms with van der Waals surface area (Å²) in [5.41, 5.74) is 7.03. The molecule has 2 aliphatic rings. The maximum atomic E-state index is 4.90. The van der Waals surface area contributed by atoms with Crippen LogP contribution in [-0.4, -0.2) is 18.1 Å². The molecule has 0 amide bonds. The van der Waals surface area contributed by atoms with Gasteiger partial charge in [0, 0.05) is 21.1 Å². The van der Waals surface area contributed by atoms with Crippen LogP contribution in [0.5, 0.6) is 0 Å². The molecule has 4 rings (SSSR count). The Morgan fingerprint density at radius 3 is 2.43 bits per heavy atom. The van der Waals surface area contributed by atoms with Crippen molar-refractivity contribution in [1.29, 1.82) is 0 Å². The van der Waals surface area contributed by atoms with Crippen LogP contribution in [0.3, 0.4) is 0 Å². The number of piperidine rings is 1. The SMILES string of the molecule is CC(C)C.Cc1ccc2c(c1Br)CCc1cc(Br)cnc1C2C1CCNCC1. The van der Waals surface area contributed by atoms with Crippen LogP contribution in [0.15, 0.2) is 33.3 Å². The lowest BCUT2D eigenvalue weighted by molar-refractivity contribution is 0.338. The number of aryl methyl sites for hydroxylation is 2. The molecule has 0 bridgehead atoms. The van der Waals surface area contributed by atoms with Gasteiger partial charge in [-0.1, -0.05) is 48.8 Å². The first kappa shape index (κ1) is 22.0. The molecule has 1 aliphatic heterocycles. The normalized spacial score (nSPS) is 19.3. The minimum atomic E-state index is 0.421. The van der Waals surface area contributed by atoms with E-state index in [2.05, 4.69) is 83.1 Å². The molecule has 152 valence electrons. The topological polar surface area (TPSA) is 24.9 Å². The van der Waals surface area contributed by atoms with E-state index in [1.165, 1.54) is 45.3 Å². The highest BCUT2D eigenvalue weighted by Crippen LogP contribution is 2.44. The van der Waals surface area contributed by atoms with Gasteiger partial charge in [-0.2, -0.15) is 0 Å². The predicted octanol–water partition coefficient (Wildman–Crippen LogP) is 6.81. The van der Waals surface area contributed by atoms with Crippen molar-refractivity contribution in [3.63, 3.8) is 0 Å². The summed E-state index contributed by atoms with van der Waals surface area (Å²) in [6.45, 7) is 10.9. The molecule has 4 heteroatoms. The fourth-order valence-corrected chi connectivity index (χ4v) is 5.27. The molecule has 1 aromatic carbocycles. The van der Waals surface area contributed by atoms with Crippen LogP contribution in [-0.2, 0) is 12.8 Å². The van der Waals surface area contributed by atoms with Gasteiger partial charge in [0.25, 0.3) is 0 Å². The fraction of sp³-hybridized carbons (Fsp3) is 0.542. The van der Waals surface area contributed by atoms with E-state index in [9.17, 15) is 0 Å². The van der Waals surface area contributed by atoms with E-state index in [0.29, 0.717) is 11.8 Å². The van der Waals surface area contributed by atoms with Crippen molar-refractivity contribution in [2.24, 2.45) is 11.8 Å². The highest BCUT2D eigenvalue weighted by Gasteiger charge is 2.33. The van der Waals surface area contributed by atoms with Gasteiger partial charge in [-0.05, 0) is 102 Å². The van der Waals surface area contributed by atoms with E-state index in [4.69, 9.17) is 4.98 Å². The highest BCUT2D eigenvalue weighted by atomic mass is 79.9. The Labute approximate surface area is 187 Å². The maximum Gasteiger partial charge on any atom is 0.0514 e. The van der Waals surface area contributed by atoms with E-state index >= 15 is 0 Å². The van der Waals surface area contributed by atoms with Crippen molar-refractivity contribution in [2.45, 2.75) is 59.3 Å². The molecule has 0 saturated carbocycles. The number of fused-ring (bicyclic) bond motifs is 2. The Bertz CT molecular complexity index is 808. The van der Waals surface area contributed by atoms with Crippen LogP contribution in [0.4, 0.5) is 0 Å². The van der Waals surface area contributed by atoms with Crippen LogP contribution in [0.25, 0.3) is 0 Å². The lowest BCUT2D eigenvalue weighted by Gasteiger charge is -2.32. The Balaban J connectivity index is 0.000000516. The average molecular weight is 508 g/mol. The first-order valence-corrected chi connectivity index (χ1v) is 12.1. The number of nitrogens with zero attached hydrogens (tertiary/aromatic N) is 1. The van der Waals surface area contributed by atoms with Gasteiger partial charge in [-0.25, -0.2) is 0 Å². The van der Waals surface area contributed by atoms with Gasteiger partial charge in [0.05, 0.1) is 5.69 Å². The standard InChI is InChI=1S/C20H22Br2N2.C4H10/c1-12-2-4-16-17(19(12)22)5-3-14-10-15(21)11-24-20(14)18(16)13-6-8-23-9-7-13;1-4(2)3/h2,4,10-11,13,18,23H,3,5-9H2,1H3;4H,1-3H3. The van der Waals surface area contributed by atoms with E-state index in [1.807, 2.05) is 6.20 Å². The second kappa shape index (κ2) is 9.86. The third-order valence-electron chi connectivity index (χ3n) is 5.57. The molecule has 0 radical (unpaired) electrons. The third-order valence-corrected chi connectivity index (χ3v) is 7.11. The second-order valence-electron chi connectivity index (χ2n) is 8.76. The molecule has 2 nitrogen and oxygen atoms in total. The summed E-state index contributed by atoms with van der Waals surface area (Å²) in [5.74, 6) is 1.93. The highest BCUT2D eigenvalue weighted by molar-refractivity contribution is 9.10. The summed E-state index contributed by atoms with van der Waals surface area (Å²) < 4.78 is 2.39. The molecule has 2 heterocycles. The Morgan fingerprint density at radius 1 is 1.07 bits per heavy atom. The van der Waals surface area contributed by atoms with Crippen LogP contribution in [0.2, 0.25) is 0 Å². The minimum absolute atomic E-state index is 0.421. The average Bonchev–Trinajstić information content (AvgIpc) is 2.82. The smallest absolute Gasteiger partial charge is 0.0514 e. The first-order valence-electron chi connectivity index (χ1n) is 10.5. The molecule has 1 atom stereocenters. The zero-order valence-electron chi connectivity index (χ0n) is 17.5. The van der Waals surface area contributed by atoms with E-state index in [0.717, 1.165) is 36.3 Å². The van der Waals surface area contributed by atoms with E-state index in [1.54, 1.807) is 0 Å². The fourth-order valence-electron chi connectivity index (χ4n) is 4.33. The van der Waals surface area contributed by atoms with Gasteiger partial charge >= 0.3 is 0 Å². The number of hydrogen-bond acceptors (Lipinski definition) is 2. The van der Waals surface area contributed by atoms with Crippen LogP contribution in [0, 0.1) is 18.8 Å². The largest absolute Gasteiger partial charge is 0.317 e. The molecular weight excluding hydrogens is 476 g/mol. The van der Waals surface area contributed by atoms with E-state index < -0.39 is 0 Å². The monoisotopic (exact) mass is 506 g/mol. The summed E-state index contributed by atoms with van der Waals surface area (Å²) in [6, 6.07) is 6.91. The molecule has 1 aliphatic carbocycles. The maximum absolute atomic E-state index is 4.90. The lowest BCUT2D eigenvalue weighted by Crippen LogP contribution is -2.32. The molecule has 1 fully saturated rings. The van der Waals surface area contributed by atoms with Gasteiger partial charge in [0.2, 0.25) is 0 Å². The summed E-state index contributed by atoms with van der Waals surface area (Å²) in [4.78, 5) is 4.90. The molecule has 1 aromatic heterocycles. The lowest BCUT2D eigenvalue weighted by atomic mass is 9.76. The van der Waals surface area contributed by atoms with Gasteiger partial charge < -0.3 is 5.32 Å². The first-order chi connectivity index (χ1) is 13.4. The summed E-state index contributed by atoms with van der Waals surface area (Å²) in [6.07, 6.45) is 6.59. The number of halogens is 2. The molecule has 2 aromatic rings. The minimum Gasteiger partial charge on any atom is -0.317 e. The van der Waals surface area contributed by atoms with Crippen molar-refractivity contribution in [2.75, 3.05) is 13.1 Å². The van der Waals surface area contributed by atoms with Crippen molar-refractivity contribution in [3.05, 3.63) is 61.3 Å². The van der Waals surface area contributed by atoms with Crippen molar-refractivity contribution in [1.82, 2.24) is 10.3 Å². The number of rotatable bonds is 1. The summed E-state index contributed by atoms with van der Waals surface area (Å²) in [7, 11) is 0. The van der Waals surface area contributed by atoms with Crippen molar-refractivity contribution in [3.8, 4) is 0 Å². The molecule has 1 saturated heterocycles. The Hall–Kier alpha value is -0.710. The van der Waals surface area contributed by atoms with Crippen molar-refractivity contribution >= 4 is 31.9 Å². The van der Waals surface area contributed by atoms with Crippen molar-refractivity contribution < 1.29 is 0 Å². The molecule has 0 spiro atoms. The van der Waals surface area contributed by atoms with Gasteiger partial charge in [0.15, 0.2) is 0 Å². The summed E-state index contributed by atoms with van der Waals surface area (Å²) >= 11 is 7.48. The van der Waals surface area contributed by atoms with Gasteiger partial charge in [-0.15, -0.1) is 0 Å². The molecule has 1 N–H and O–H groups in total. The number of aromatic nitrogens is 1. The van der Waals surface area contributed by atoms with Crippen LogP contribution < -0.4 is 5.32 Å². The number of hydrogen-bond donors (Lipinski definition) is 1. The Morgan fingerprint density at radius 2 is 1.75 bits per heavy atom. The van der Waals surface area contributed by atoms with Gasteiger partial charge in [-0.3, -0.25) is 4.98 Å². The van der Waals surface area contributed by atoms with Crippen LogP contribution in [0.1, 0.15) is 67.5 Å². The van der Waals surface area contributed by atoms with Gasteiger partial charge in [0.1, 0.15) is 0 Å². The molecular formula is C24H32Br2N2. The number of nitrogens with one attached hydrogen (secondary N) is 1. The van der Waals surface area contributed by atoms with E-state index in [-0.39, 0.29) is 0 Å². The van der Waals surface area contributed by atoms with Crippen LogP contribution >= 0.6 is 31.9 Å². The zero-order chi connectivity index (χ0) is 20.3. The molecule has 1 unspecified atom stereocenters.